The van der Waals surface area contributed by atoms with Gasteiger partial charge in [-0.2, -0.15) is 0 Å². The fraction of sp³-hybridized carbons (Fsp3) is 0. The maximum atomic E-state index is 9.32. The summed E-state index contributed by atoms with van der Waals surface area (Å²) >= 11 is 0. The Morgan fingerprint density at radius 2 is 0.550 bits per heavy atom. The van der Waals surface area contributed by atoms with Crippen molar-refractivity contribution < 1.29 is 109 Å². The molecular weight excluding hydrogens is 444 g/mol. The van der Waals surface area contributed by atoms with Gasteiger partial charge in [0.15, 0.2) is 0 Å². The van der Waals surface area contributed by atoms with Crippen molar-refractivity contribution in [3.8, 4) is 0 Å². The van der Waals surface area contributed by atoms with E-state index in [1.165, 1.54) is 0 Å². The summed E-state index contributed by atoms with van der Waals surface area (Å²) in [5, 5.41) is 0. The second-order valence-electron chi connectivity index (χ2n) is 1.95. The van der Waals surface area contributed by atoms with Crippen LogP contribution in [0.2, 0.25) is 0 Å². The van der Waals surface area contributed by atoms with Gasteiger partial charge in [-0.3, -0.25) is 0 Å². The van der Waals surface area contributed by atoms with Crippen LogP contribution in [0.1, 0.15) is 0 Å². The molecule has 0 aliphatic rings. The third-order valence-electron chi connectivity index (χ3n) is 0.400. The molecule has 0 amide bonds. The van der Waals surface area contributed by atoms with E-state index in [1.807, 2.05) is 0 Å². The van der Waals surface area contributed by atoms with Crippen LogP contribution < -0.4 is 39.1 Å². The summed E-state index contributed by atoms with van der Waals surface area (Å²) in [5.74, 6) is 0. The minimum Gasteiger partial charge on any atom is -0.790 e. The molecule has 112 valence electrons. The summed E-state index contributed by atoms with van der Waals surface area (Å²) in [6.45, 7) is 0. The van der Waals surface area contributed by atoms with Crippen LogP contribution in [-0.4, -0.2) is 0 Å². The minimum absolute atomic E-state index is 0. The molecule has 14 nitrogen and oxygen atoms in total. The summed E-state index contributed by atoms with van der Waals surface area (Å²) in [6.07, 6.45) is 0. The number of rotatable bonds is 4. The fourth-order valence-corrected chi connectivity index (χ4v) is 2.20. The molecule has 0 spiro atoms. The van der Waals surface area contributed by atoms with Crippen LogP contribution in [0.25, 0.3) is 0 Å². The zero-order valence-corrected chi connectivity index (χ0v) is 15.2. The first kappa shape index (κ1) is 29.9. The fourth-order valence-electron chi connectivity index (χ4n) is 0.245. The van der Waals surface area contributed by atoms with Crippen molar-refractivity contribution >= 4 is 31.3 Å². The summed E-state index contributed by atoms with van der Waals surface area (Å²) in [7, 11) is -22.7. The average molecular weight is 444 g/mol. The Labute approximate surface area is 140 Å². The molecule has 0 N–H and O–H groups in total. The van der Waals surface area contributed by atoms with Gasteiger partial charge >= 0.3 is 43.4 Å². The average Bonchev–Trinajstić information content (AvgIpc) is 1.64. The van der Waals surface area contributed by atoms with Crippen LogP contribution >= 0.6 is 31.3 Å². The Bertz CT molecular complexity index is 346. The molecule has 0 aromatic rings. The molecule has 0 saturated carbocycles. The molecule has 0 atom stereocenters. The van der Waals surface area contributed by atoms with Crippen molar-refractivity contribution in [1.82, 2.24) is 0 Å². The van der Waals surface area contributed by atoms with Gasteiger partial charge in [0.2, 0.25) is 0 Å². The molecule has 0 aromatic heterocycles. The predicted molar refractivity (Wildman–Crippen MR) is 32.6 cm³/mol. The largest absolute Gasteiger partial charge is 4.00 e. The molecule has 0 heterocycles. The van der Waals surface area contributed by atoms with Crippen molar-refractivity contribution in [2.45, 2.75) is 0 Å². The minimum atomic E-state index is -5.68. The van der Waals surface area contributed by atoms with Gasteiger partial charge in [0, 0.05) is 0 Å². The molecule has 0 radical (unpaired) electrons. The van der Waals surface area contributed by atoms with Crippen molar-refractivity contribution in [1.29, 1.82) is 0 Å². The van der Waals surface area contributed by atoms with E-state index < -0.39 is 31.3 Å². The van der Waals surface area contributed by atoms with Gasteiger partial charge in [-0.1, -0.05) is 0 Å². The van der Waals surface area contributed by atoms with Crippen LogP contribution in [0.3, 0.4) is 0 Å². The van der Waals surface area contributed by atoms with E-state index in [9.17, 15) is 57.4 Å². The molecule has 0 aromatic carbocycles. The molecule has 0 rings (SSSR count). The van der Waals surface area contributed by atoms with Crippen LogP contribution in [0.5, 0.6) is 0 Å². The molecule has 20 heteroatoms. The first-order valence-electron chi connectivity index (χ1n) is 2.92. The number of hydrogen-bond acceptors (Lipinski definition) is 14. The zero-order valence-electron chi connectivity index (χ0n) is 8.50. The van der Waals surface area contributed by atoms with Gasteiger partial charge in [-0.25, -0.2) is 0 Å². The number of phosphoric acid groups is 4. The molecule has 0 bridgehead atoms. The summed E-state index contributed by atoms with van der Waals surface area (Å²) in [4.78, 5) is 74.6. The number of hydrogen-bond donors (Lipinski definition) is 0. The van der Waals surface area contributed by atoms with Gasteiger partial charge in [-0.05, 0) is 0 Å². The van der Waals surface area contributed by atoms with E-state index in [4.69, 9.17) is 0 Å². The first-order chi connectivity index (χ1) is 7.41. The summed E-state index contributed by atoms with van der Waals surface area (Å²) in [5.41, 5.74) is 0. The van der Waals surface area contributed by atoms with E-state index in [0.717, 1.165) is 0 Å². The van der Waals surface area contributed by atoms with Gasteiger partial charge in [-0.15, -0.1) is 0 Å². The van der Waals surface area contributed by atoms with Crippen molar-refractivity contribution in [2.75, 3.05) is 0 Å². The second-order valence-corrected chi connectivity index (χ2v) is 6.84. The van der Waals surface area contributed by atoms with Crippen molar-refractivity contribution in [3.05, 3.63) is 0 Å². The SMILES string of the molecule is O=P([O-])([O-])OP(=O)([O-])[O-].O=P([O-])([O-])OP(=O)([O-])[O-].[Ti+4].[Ti+4]. The molecule has 0 fully saturated rings. The molecule has 20 heavy (non-hydrogen) atoms. The third kappa shape index (κ3) is 36.8. The Hall–Kier alpha value is 1.95. The Morgan fingerprint density at radius 1 is 0.450 bits per heavy atom. The molecule has 0 aliphatic carbocycles. The van der Waals surface area contributed by atoms with E-state index in [-0.39, 0.29) is 43.4 Å². The van der Waals surface area contributed by atoms with Crippen LogP contribution in [-0.2, 0) is 70.3 Å². The van der Waals surface area contributed by atoms with Crippen LogP contribution in [0.4, 0.5) is 0 Å². The molecule has 0 saturated heterocycles. The Morgan fingerprint density at radius 3 is 0.550 bits per heavy atom. The topological polar surface area (TPSA) is 271 Å². The van der Waals surface area contributed by atoms with E-state index in [0.29, 0.717) is 0 Å². The zero-order chi connectivity index (χ0) is 15.4. The molecule has 0 unspecified atom stereocenters. The molecule has 0 aliphatic heterocycles. The van der Waals surface area contributed by atoms with Crippen LogP contribution in [0, 0.1) is 0 Å². The summed E-state index contributed by atoms with van der Waals surface area (Å²) in [6, 6.07) is 0. The van der Waals surface area contributed by atoms with E-state index in [2.05, 4.69) is 8.62 Å². The van der Waals surface area contributed by atoms with Crippen molar-refractivity contribution in [3.63, 3.8) is 0 Å². The Kier molecular flexibility index (Phi) is 16.0. The van der Waals surface area contributed by atoms with Gasteiger partial charge in [0.1, 0.15) is 0 Å². The second kappa shape index (κ2) is 10.7. The first-order valence-corrected chi connectivity index (χ1v) is 8.76. The smallest absolute Gasteiger partial charge is 0.790 e. The maximum Gasteiger partial charge on any atom is 4.00 e. The predicted octanol–water partition coefficient (Wildman–Crippen LogP) is -6.68. The standard InChI is InChI=1S/2H4O7P2.2Ti/c2*1-8(2,3)7-9(4,5)6;;/h2*(H2,1,2,3)(H2,4,5,6);;/q;;2*+4/p-8. The normalized spacial score (nSPS) is 12.4. The van der Waals surface area contributed by atoms with Gasteiger partial charge in [0.05, 0.1) is 31.3 Å². The van der Waals surface area contributed by atoms with Gasteiger partial charge < -0.3 is 66.0 Å². The Balaban J connectivity index is -0.000000116. The summed E-state index contributed by atoms with van der Waals surface area (Å²) < 4.78 is 42.3. The van der Waals surface area contributed by atoms with Crippen molar-refractivity contribution in [2.24, 2.45) is 0 Å². The maximum absolute atomic E-state index is 9.32. The van der Waals surface area contributed by atoms with E-state index in [1.54, 1.807) is 0 Å². The molecular formula is O14P4Ti2. The van der Waals surface area contributed by atoms with Crippen LogP contribution in [0.15, 0.2) is 0 Å². The third-order valence-corrected chi connectivity index (χ3v) is 3.60. The van der Waals surface area contributed by atoms with Gasteiger partial charge in [0.25, 0.3) is 0 Å². The van der Waals surface area contributed by atoms with E-state index >= 15 is 0 Å². The monoisotopic (exact) mass is 444 g/mol. The quantitative estimate of drug-likeness (QED) is 0.288.